The van der Waals surface area contributed by atoms with Crippen molar-refractivity contribution in [1.29, 1.82) is 0 Å². The number of benzene rings is 1. The molecule has 15 heavy (non-hydrogen) atoms. The highest BCUT2D eigenvalue weighted by Gasteiger charge is 2.22. The van der Waals surface area contributed by atoms with Crippen molar-refractivity contribution in [2.45, 2.75) is 18.9 Å². The van der Waals surface area contributed by atoms with Crippen LogP contribution in [-0.2, 0) is 0 Å². The second-order valence-corrected chi connectivity index (χ2v) is 4.16. The Hall–Kier alpha value is -1.35. The Morgan fingerprint density at radius 2 is 1.87 bits per heavy atom. The summed E-state index contributed by atoms with van der Waals surface area (Å²) < 4.78 is 0. The van der Waals surface area contributed by atoms with Crippen molar-refractivity contribution < 1.29 is 0 Å². The Balaban J connectivity index is 2.16. The molecule has 0 atom stereocenters. The number of rotatable bonds is 2. The summed E-state index contributed by atoms with van der Waals surface area (Å²) in [5, 5.41) is 13.9. The molecule has 4 heteroatoms. The van der Waals surface area contributed by atoms with E-state index in [1.54, 1.807) is 0 Å². The lowest BCUT2D eigenvalue weighted by molar-refractivity contribution is 1.02. The smallest absolute Gasteiger partial charge is 0.159 e. The first kappa shape index (κ1) is 8.92. The van der Waals surface area contributed by atoms with Gasteiger partial charge in [0.1, 0.15) is 0 Å². The van der Waals surface area contributed by atoms with Crippen LogP contribution in [0.25, 0.3) is 10.8 Å². The van der Waals surface area contributed by atoms with Gasteiger partial charge in [0.05, 0.1) is 0 Å². The van der Waals surface area contributed by atoms with Crippen molar-refractivity contribution in [3.8, 4) is 0 Å². The third kappa shape index (κ3) is 1.63. The third-order valence-electron chi connectivity index (χ3n) is 2.56. The number of halogens is 1. The van der Waals surface area contributed by atoms with E-state index in [9.17, 15) is 0 Å². The molecule has 3 rings (SSSR count). The van der Waals surface area contributed by atoms with Crippen LogP contribution in [0.3, 0.4) is 0 Å². The summed E-state index contributed by atoms with van der Waals surface area (Å²) in [6, 6.07) is 8.49. The Morgan fingerprint density at radius 1 is 1.13 bits per heavy atom. The molecule has 76 valence electrons. The average Bonchev–Trinajstić information content (AvgIpc) is 3.07. The summed E-state index contributed by atoms with van der Waals surface area (Å²) in [6.45, 7) is 0. The van der Waals surface area contributed by atoms with Crippen molar-refractivity contribution in [3.05, 3.63) is 29.4 Å². The normalized spacial score (nSPS) is 15.5. The molecule has 1 aliphatic carbocycles. The van der Waals surface area contributed by atoms with E-state index in [0.717, 1.165) is 16.6 Å². The van der Waals surface area contributed by atoms with Gasteiger partial charge in [0.15, 0.2) is 11.0 Å². The van der Waals surface area contributed by atoms with Gasteiger partial charge < -0.3 is 5.32 Å². The molecule has 0 spiro atoms. The Bertz CT molecular complexity index is 508. The fourth-order valence-electron chi connectivity index (χ4n) is 1.60. The number of hydrogen-bond donors (Lipinski definition) is 1. The first-order valence-corrected chi connectivity index (χ1v) is 5.40. The second kappa shape index (κ2) is 3.35. The van der Waals surface area contributed by atoms with Crippen LogP contribution in [0.4, 0.5) is 5.82 Å². The summed E-state index contributed by atoms with van der Waals surface area (Å²) in [6.07, 6.45) is 2.44. The van der Waals surface area contributed by atoms with Crippen LogP contribution in [0.2, 0.25) is 5.15 Å². The quantitative estimate of drug-likeness (QED) is 0.844. The first-order chi connectivity index (χ1) is 7.34. The van der Waals surface area contributed by atoms with Gasteiger partial charge in [-0.15, -0.1) is 10.2 Å². The lowest BCUT2D eigenvalue weighted by Gasteiger charge is -2.06. The van der Waals surface area contributed by atoms with E-state index in [-0.39, 0.29) is 0 Å². The second-order valence-electron chi connectivity index (χ2n) is 3.80. The van der Waals surface area contributed by atoms with Crippen molar-refractivity contribution in [3.63, 3.8) is 0 Å². The van der Waals surface area contributed by atoms with E-state index in [0.29, 0.717) is 11.2 Å². The zero-order chi connectivity index (χ0) is 10.3. The highest BCUT2D eigenvalue weighted by molar-refractivity contribution is 6.34. The highest BCUT2D eigenvalue weighted by atomic mass is 35.5. The average molecular weight is 220 g/mol. The summed E-state index contributed by atoms with van der Waals surface area (Å²) in [4.78, 5) is 0. The minimum Gasteiger partial charge on any atom is -0.365 e. The molecule has 1 aliphatic rings. The first-order valence-electron chi connectivity index (χ1n) is 5.02. The fourth-order valence-corrected chi connectivity index (χ4v) is 1.80. The molecular weight excluding hydrogens is 210 g/mol. The highest BCUT2D eigenvalue weighted by Crippen LogP contribution is 2.29. The molecule has 0 amide bonds. The van der Waals surface area contributed by atoms with Gasteiger partial charge in [-0.2, -0.15) is 0 Å². The zero-order valence-corrected chi connectivity index (χ0v) is 8.83. The molecule has 1 fully saturated rings. The van der Waals surface area contributed by atoms with Gasteiger partial charge in [0, 0.05) is 16.8 Å². The summed E-state index contributed by atoms with van der Waals surface area (Å²) >= 11 is 5.98. The molecule has 0 radical (unpaired) electrons. The molecule has 1 aromatic carbocycles. The number of nitrogens with zero attached hydrogens (tertiary/aromatic N) is 2. The summed E-state index contributed by atoms with van der Waals surface area (Å²) in [5.41, 5.74) is 0. The van der Waals surface area contributed by atoms with E-state index in [2.05, 4.69) is 15.5 Å². The topological polar surface area (TPSA) is 37.8 Å². The van der Waals surface area contributed by atoms with Crippen LogP contribution in [0.5, 0.6) is 0 Å². The Labute approximate surface area is 92.5 Å². The van der Waals surface area contributed by atoms with Crippen molar-refractivity contribution in [2.24, 2.45) is 0 Å². The van der Waals surface area contributed by atoms with Gasteiger partial charge in [0.2, 0.25) is 0 Å². The monoisotopic (exact) mass is 219 g/mol. The van der Waals surface area contributed by atoms with E-state index in [4.69, 9.17) is 11.6 Å². The minimum atomic E-state index is 0.465. The number of hydrogen-bond acceptors (Lipinski definition) is 3. The van der Waals surface area contributed by atoms with Crippen molar-refractivity contribution in [2.75, 3.05) is 5.32 Å². The number of aromatic nitrogens is 2. The van der Waals surface area contributed by atoms with Crippen LogP contribution in [0.15, 0.2) is 24.3 Å². The number of fused-ring (bicyclic) bond motifs is 1. The molecule has 1 saturated carbocycles. The number of nitrogens with one attached hydrogen (secondary N) is 1. The van der Waals surface area contributed by atoms with Crippen LogP contribution in [0, 0.1) is 0 Å². The van der Waals surface area contributed by atoms with Crippen LogP contribution >= 0.6 is 11.6 Å². The van der Waals surface area contributed by atoms with E-state index < -0.39 is 0 Å². The predicted octanol–water partition coefficient (Wildman–Crippen LogP) is 2.86. The molecule has 1 aromatic heterocycles. The molecule has 0 bridgehead atoms. The molecule has 1 heterocycles. The maximum absolute atomic E-state index is 5.98. The van der Waals surface area contributed by atoms with Crippen molar-refractivity contribution in [1.82, 2.24) is 10.2 Å². The molecule has 1 N–H and O–H groups in total. The summed E-state index contributed by atoms with van der Waals surface area (Å²) in [7, 11) is 0. The standard InChI is InChI=1S/C11H10ClN3/c12-10-8-3-1-2-4-9(8)11(15-14-10)13-7-5-6-7/h1-4,7H,5-6H2,(H,13,15). The van der Waals surface area contributed by atoms with Gasteiger partial charge in [-0.25, -0.2) is 0 Å². The predicted molar refractivity (Wildman–Crippen MR) is 61.2 cm³/mol. The molecule has 0 aliphatic heterocycles. The molecular formula is C11H10ClN3. The van der Waals surface area contributed by atoms with Crippen molar-refractivity contribution >= 4 is 28.2 Å². The molecule has 3 nitrogen and oxygen atoms in total. The van der Waals surface area contributed by atoms with E-state index >= 15 is 0 Å². The maximum atomic E-state index is 5.98. The zero-order valence-electron chi connectivity index (χ0n) is 8.07. The Kier molecular flexibility index (Phi) is 1.99. The van der Waals surface area contributed by atoms with Gasteiger partial charge in [-0.3, -0.25) is 0 Å². The summed E-state index contributed by atoms with van der Waals surface area (Å²) in [5.74, 6) is 0.845. The van der Waals surface area contributed by atoms with E-state index in [1.807, 2.05) is 24.3 Å². The van der Waals surface area contributed by atoms with Gasteiger partial charge in [-0.1, -0.05) is 35.9 Å². The van der Waals surface area contributed by atoms with Crippen LogP contribution in [0.1, 0.15) is 12.8 Å². The fraction of sp³-hybridized carbons (Fsp3) is 0.273. The maximum Gasteiger partial charge on any atom is 0.159 e. The van der Waals surface area contributed by atoms with Gasteiger partial charge >= 0.3 is 0 Å². The minimum absolute atomic E-state index is 0.465. The number of anilines is 1. The third-order valence-corrected chi connectivity index (χ3v) is 2.84. The molecule has 0 saturated heterocycles. The van der Waals surface area contributed by atoms with E-state index in [1.165, 1.54) is 12.8 Å². The van der Waals surface area contributed by atoms with Gasteiger partial charge in [-0.05, 0) is 12.8 Å². The molecule has 2 aromatic rings. The molecule has 0 unspecified atom stereocenters. The van der Waals surface area contributed by atoms with Gasteiger partial charge in [0.25, 0.3) is 0 Å². The Morgan fingerprint density at radius 3 is 2.60 bits per heavy atom. The SMILES string of the molecule is Clc1nnc(NC2CC2)c2ccccc12. The largest absolute Gasteiger partial charge is 0.365 e. The van der Waals surface area contributed by atoms with Crippen LogP contribution in [-0.4, -0.2) is 16.2 Å². The lowest BCUT2D eigenvalue weighted by Crippen LogP contribution is -2.04. The lowest BCUT2D eigenvalue weighted by atomic mass is 10.2. The van der Waals surface area contributed by atoms with Crippen LogP contribution < -0.4 is 5.32 Å².